The van der Waals surface area contributed by atoms with E-state index in [-0.39, 0.29) is 17.2 Å². The molecule has 3 rings (SSSR count). The molecule has 3 heterocycles. The fourth-order valence-electron chi connectivity index (χ4n) is 2.76. The van der Waals surface area contributed by atoms with Crippen LogP contribution in [0.15, 0.2) is 0 Å². The molecule has 5 heteroatoms. The van der Waals surface area contributed by atoms with Gasteiger partial charge < -0.3 is 14.8 Å². The van der Waals surface area contributed by atoms with Crippen molar-refractivity contribution in [1.82, 2.24) is 10.3 Å². The molecule has 0 amide bonds. The molecular formula is C13H20N2O2S. The number of hydrogen-bond acceptors (Lipinski definition) is 5. The molecule has 1 fully saturated rings. The average Bonchev–Trinajstić information content (AvgIpc) is 2.80. The molecule has 2 aliphatic heterocycles. The second kappa shape index (κ2) is 4.00. The summed E-state index contributed by atoms with van der Waals surface area (Å²) in [6.07, 6.45) is 0. The van der Waals surface area contributed by atoms with Crippen LogP contribution >= 0.6 is 11.3 Å². The van der Waals surface area contributed by atoms with Gasteiger partial charge in [-0.25, -0.2) is 4.98 Å². The van der Waals surface area contributed by atoms with E-state index >= 15 is 0 Å². The predicted molar refractivity (Wildman–Crippen MR) is 70.8 cm³/mol. The summed E-state index contributed by atoms with van der Waals surface area (Å²) < 4.78 is 11.6. The van der Waals surface area contributed by atoms with Gasteiger partial charge >= 0.3 is 0 Å². The first kappa shape index (κ1) is 12.5. The van der Waals surface area contributed by atoms with Gasteiger partial charge in [-0.05, 0) is 27.7 Å². The van der Waals surface area contributed by atoms with Gasteiger partial charge in [-0.2, -0.15) is 0 Å². The van der Waals surface area contributed by atoms with Crippen LogP contribution in [0.5, 0.6) is 0 Å². The molecule has 18 heavy (non-hydrogen) atoms. The van der Waals surface area contributed by atoms with Gasteiger partial charge in [-0.1, -0.05) is 0 Å². The molecule has 0 aliphatic carbocycles. The number of fused-ring (bicyclic) bond motifs is 1. The topological polar surface area (TPSA) is 43.4 Å². The highest BCUT2D eigenvalue weighted by Crippen LogP contribution is 2.49. The molecule has 1 saturated heterocycles. The number of aromatic nitrogens is 1. The van der Waals surface area contributed by atoms with Crippen molar-refractivity contribution in [3.63, 3.8) is 0 Å². The number of nitrogens with one attached hydrogen (secondary N) is 1. The van der Waals surface area contributed by atoms with Gasteiger partial charge in [-0.15, -0.1) is 11.3 Å². The lowest BCUT2D eigenvalue weighted by Gasteiger charge is -2.26. The van der Waals surface area contributed by atoms with E-state index < -0.39 is 0 Å². The lowest BCUT2D eigenvalue weighted by Crippen LogP contribution is -2.34. The Morgan fingerprint density at radius 3 is 2.67 bits per heavy atom. The second-order valence-electron chi connectivity index (χ2n) is 5.93. The van der Waals surface area contributed by atoms with Crippen LogP contribution in [-0.4, -0.2) is 24.7 Å². The van der Waals surface area contributed by atoms with E-state index in [2.05, 4.69) is 33.0 Å². The number of ether oxygens (including phenoxy) is 2. The summed E-state index contributed by atoms with van der Waals surface area (Å²) in [5.41, 5.74) is 0.577. The molecule has 0 saturated carbocycles. The molecule has 1 aromatic rings. The highest BCUT2D eigenvalue weighted by Gasteiger charge is 2.46. The quantitative estimate of drug-likeness (QED) is 0.849. The van der Waals surface area contributed by atoms with Crippen LogP contribution < -0.4 is 5.32 Å². The summed E-state index contributed by atoms with van der Waals surface area (Å²) in [6.45, 7) is 10.8. The lowest BCUT2D eigenvalue weighted by molar-refractivity contribution is -0.105. The fraction of sp³-hybridized carbons (Fsp3) is 0.769. The number of nitrogens with zero attached hydrogens (tertiary/aromatic N) is 1. The van der Waals surface area contributed by atoms with Crippen molar-refractivity contribution < 1.29 is 9.47 Å². The number of thiazole rings is 1. The van der Waals surface area contributed by atoms with Gasteiger partial charge in [0.25, 0.3) is 0 Å². The first-order chi connectivity index (χ1) is 8.40. The monoisotopic (exact) mass is 268 g/mol. The minimum atomic E-state index is -0.289. The molecule has 4 nitrogen and oxygen atoms in total. The first-order valence-corrected chi connectivity index (χ1v) is 7.25. The van der Waals surface area contributed by atoms with E-state index in [1.807, 2.05) is 0 Å². The van der Waals surface area contributed by atoms with Crippen LogP contribution in [0, 0.1) is 0 Å². The average molecular weight is 268 g/mol. The normalized spacial score (nSPS) is 29.2. The Kier molecular flexibility index (Phi) is 2.79. The van der Waals surface area contributed by atoms with Crippen molar-refractivity contribution in [2.75, 3.05) is 19.8 Å². The summed E-state index contributed by atoms with van der Waals surface area (Å²) in [5.74, 6) is 0. The van der Waals surface area contributed by atoms with Crippen LogP contribution in [0.3, 0.4) is 0 Å². The zero-order chi connectivity index (χ0) is 13.0. The predicted octanol–water partition coefficient (Wildman–Crippen LogP) is 2.30. The third-order valence-corrected chi connectivity index (χ3v) is 4.96. The van der Waals surface area contributed by atoms with Crippen molar-refractivity contribution in [3.05, 3.63) is 15.6 Å². The molecule has 1 aromatic heterocycles. The summed E-state index contributed by atoms with van der Waals surface area (Å²) in [6, 6.07) is 0.237. The van der Waals surface area contributed by atoms with Crippen molar-refractivity contribution in [3.8, 4) is 0 Å². The fourth-order valence-corrected chi connectivity index (χ4v) is 4.07. The molecule has 2 aliphatic rings. The van der Waals surface area contributed by atoms with E-state index in [0.717, 1.165) is 23.9 Å². The Balaban J connectivity index is 1.97. The van der Waals surface area contributed by atoms with Gasteiger partial charge in [0.15, 0.2) is 0 Å². The van der Waals surface area contributed by atoms with E-state index in [1.54, 1.807) is 11.3 Å². The van der Waals surface area contributed by atoms with E-state index in [4.69, 9.17) is 14.5 Å². The number of rotatable bonds is 1. The third-order valence-electron chi connectivity index (χ3n) is 3.49. The van der Waals surface area contributed by atoms with Crippen molar-refractivity contribution >= 4 is 11.3 Å². The molecule has 0 spiro atoms. The molecule has 1 N–H and O–H groups in total. The summed E-state index contributed by atoms with van der Waals surface area (Å²) in [5, 5.41) is 4.59. The Morgan fingerprint density at radius 2 is 2.06 bits per heavy atom. The summed E-state index contributed by atoms with van der Waals surface area (Å²) in [7, 11) is 0. The zero-order valence-electron chi connectivity index (χ0n) is 11.4. The van der Waals surface area contributed by atoms with E-state index in [0.29, 0.717) is 6.61 Å². The van der Waals surface area contributed by atoms with Crippen LogP contribution in [0.2, 0.25) is 0 Å². The lowest BCUT2D eigenvalue weighted by atomic mass is 10.0. The Labute approximate surface area is 112 Å². The van der Waals surface area contributed by atoms with E-state index in [1.165, 1.54) is 4.88 Å². The Morgan fingerprint density at radius 1 is 1.28 bits per heavy atom. The highest BCUT2D eigenvalue weighted by atomic mass is 32.1. The van der Waals surface area contributed by atoms with Gasteiger partial charge in [0, 0.05) is 6.54 Å². The van der Waals surface area contributed by atoms with Crippen LogP contribution in [-0.2, 0) is 20.7 Å². The maximum Gasteiger partial charge on any atom is 0.113 e. The van der Waals surface area contributed by atoms with Crippen LogP contribution in [0.4, 0.5) is 0 Å². The van der Waals surface area contributed by atoms with Crippen LogP contribution in [0.1, 0.15) is 49.3 Å². The molecule has 1 atom stereocenters. The first-order valence-electron chi connectivity index (χ1n) is 6.43. The van der Waals surface area contributed by atoms with Crippen molar-refractivity contribution in [2.24, 2.45) is 0 Å². The molecule has 0 bridgehead atoms. The smallest absolute Gasteiger partial charge is 0.113 e. The van der Waals surface area contributed by atoms with Crippen LogP contribution in [0.25, 0.3) is 0 Å². The SMILES string of the molecule is CC1(C)OC(C)(C)c2sc(C3COCCN3)nc21. The summed E-state index contributed by atoms with van der Waals surface area (Å²) in [4.78, 5) is 6.07. The van der Waals surface area contributed by atoms with Crippen molar-refractivity contribution in [2.45, 2.75) is 44.9 Å². The number of morpholine rings is 1. The van der Waals surface area contributed by atoms with Gasteiger partial charge in [0.05, 0.1) is 35.4 Å². The molecule has 0 radical (unpaired) electrons. The van der Waals surface area contributed by atoms with Crippen molar-refractivity contribution in [1.29, 1.82) is 0 Å². The number of hydrogen-bond donors (Lipinski definition) is 1. The maximum absolute atomic E-state index is 6.09. The maximum atomic E-state index is 6.09. The standard InChI is InChI=1S/C13H20N2O2S/c1-12(2)9-10(13(3,4)17-12)18-11(15-9)8-7-16-6-5-14-8/h8,14H,5-7H2,1-4H3. The molecule has 0 aromatic carbocycles. The largest absolute Gasteiger partial charge is 0.378 e. The Hall–Kier alpha value is -0.490. The summed E-state index contributed by atoms with van der Waals surface area (Å²) >= 11 is 1.76. The van der Waals surface area contributed by atoms with E-state index in [9.17, 15) is 0 Å². The second-order valence-corrected chi connectivity index (χ2v) is 6.96. The minimum Gasteiger partial charge on any atom is -0.378 e. The zero-order valence-corrected chi connectivity index (χ0v) is 12.2. The third kappa shape index (κ3) is 1.90. The molecule has 100 valence electrons. The molecule has 1 unspecified atom stereocenters. The minimum absolute atomic E-state index is 0.232. The Bertz CT molecular complexity index is 430. The van der Waals surface area contributed by atoms with Gasteiger partial charge in [-0.3, -0.25) is 0 Å². The highest BCUT2D eigenvalue weighted by molar-refractivity contribution is 7.12. The van der Waals surface area contributed by atoms with Gasteiger partial charge in [0.2, 0.25) is 0 Å². The molecular weight excluding hydrogens is 248 g/mol. The van der Waals surface area contributed by atoms with Gasteiger partial charge in [0.1, 0.15) is 10.6 Å².